The number of nitrogens with one attached hydrogen (secondary N) is 1. The van der Waals surface area contributed by atoms with Crippen molar-refractivity contribution in [3.05, 3.63) is 46.8 Å². The lowest BCUT2D eigenvalue weighted by molar-refractivity contribution is 0.102. The molecule has 0 atom stereocenters. The molecule has 0 fully saturated rings. The van der Waals surface area contributed by atoms with Crippen LogP contribution in [0.4, 0.5) is 15.8 Å². The lowest BCUT2D eigenvalue weighted by atomic mass is 10.2. The van der Waals surface area contributed by atoms with Crippen molar-refractivity contribution < 1.29 is 9.18 Å². The molecule has 0 aliphatic rings. The molecule has 1 heterocycles. The fourth-order valence-corrected chi connectivity index (χ4v) is 1.81. The van der Waals surface area contributed by atoms with Gasteiger partial charge in [-0.2, -0.15) is 0 Å². The van der Waals surface area contributed by atoms with Crippen molar-refractivity contribution >= 4 is 28.9 Å². The first-order valence-electron chi connectivity index (χ1n) is 6.27. The first kappa shape index (κ1) is 15.2. The van der Waals surface area contributed by atoms with E-state index in [-0.39, 0.29) is 23.0 Å². The zero-order valence-electron chi connectivity index (χ0n) is 11.5. The second kappa shape index (κ2) is 6.05. The Labute approximate surface area is 126 Å². The number of hydrogen-bond acceptors (Lipinski definition) is 4. The number of hydrogen-bond donors (Lipinski definition) is 2. The first-order chi connectivity index (χ1) is 9.88. The normalized spacial score (nSPS) is 10.7. The smallest absolute Gasteiger partial charge is 0.276 e. The van der Waals surface area contributed by atoms with Crippen LogP contribution in [-0.2, 0) is 0 Å². The summed E-state index contributed by atoms with van der Waals surface area (Å²) < 4.78 is 13.6. The average molecular weight is 309 g/mol. The van der Waals surface area contributed by atoms with Gasteiger partial charge in [0, 0.05) is 10.9 Å². The summed E-state index contributed by atoms with van der Waals surface area (Å²) in [6, 6.07) is 3.87. The molecule has 110 valence electrons. The van der Waals surface area contributed by atoms with Crippen molar-refractivity contribution in [2.24, 2.45) is 0 Å². The molecule has 3 N–H and O–H groups in total. The van der Waals surface area contributed by atoms with Gasteiger partial charge in [-0.15, -0.1) is 0 Å². The number of carbonyl (C=O) groups excluding carboxylic acids is 1. The average Bonchev–Trinajstić information content (AvgIpc) is 2.43. The summed E-state index contributed by atoms with van der Waals surface area (Å²) in [6.45, 7) is 3.79. The minimum atomic E-state index is -0.613. The molecule has 2 aromatic rings. The van der Waals surface area contributed by atoms with Gasteiger partial charge in [-0.1, -0.05) is 25.4 Å². The first-order valence-corrected chi connectivity index (χ1v) is 6.65. The number of nitrogen functional groups attached to an aromatic ring is 1. The monoisotopic (exact) mass is 308 g/mol. The van der Waals surface area contributed by atoms with Gasteiger partial charge >= 0.3 is 0 Å². The van der Waals surface area contributed by atoms with E-state index >= 15 is 0 Å². The number of anilines is 2. The van der Waals surface area contributed by atoms with E-state index in [2.05, 4.69) is 15.3 Å². The second-order valence-electron chi connectivity index (χ2n) is 4.77. The van der Waals surface area contributed by atoms with E-state index in [4.69, 9.17) is 17.3 Å². The lowest BCUT2D eigenvalue weighted by Crippen LogP contribution is -2.18. The third kappa shape index (κ3) is 3.46. The van der Waals surface area contributed by atoms with Gasteiger partial charge in [0.25, 0.3) is 5.91 Å². The predicted octanol–water partition coefficient (Wildman–Crippen LogP) is 3.23. The predicted molar refractivity (Wildman–Crippen MR) is 79.9 cm³/mol. The van der Waals surface area contributed by atoms with E-state index in [0.29, 0.717) is 10.8 Å². The topological polar surface area (TPSA) is 80.9 Å². The van der Waals surface area contributed by atoms with Crippen LogP contribution in [0.1, 0.15) is 36.1 Å². The molecule has 1 amide bonds. The lowest BCUT2D eigenvalue weighted by Gasteiger charge is -2.10. The molecule has 0 radical (unpaired) electrons. The van der Waals surface area contributed by atoms with Crippen molar-refractivity contribution in [1.29, 1.82) is 0 Å². The number of halogens is 2. The second-order valence-corrected chi connectivity index (χ2v) is 5.20. The van der Waals surface area contributed by atoms with Crippen molar-refractivity contribution in [2.45, 2.75) is 19.8 Å². The summed E-state index contributed by atoms with van der Waals surface area (Å²) in [4.78, 5) is 20.3. The zero-order chi connectivity index (χ0) is 15.6. The number of benzene rings is 1. The van der Waals surface area contributed by atoms with Crippen molar-refractivity contribution in [3.63, 3.8) is 0 Å². The Hall–Kier alpha value is -2.21. The van der Waals surface area contributed by atoms with E-state index in [9.17, 15) is 9.18 Å². The molecule has 21 heavy (non-hydrogen) atoms. The third-order valence-electron chi connectivity index (χ3n) is 2.74. The van der Waals surface area contributed by atoms with Crippen molar-refractivity contribution in [1.82, 2.24) is 9.97 Å². The molecule has 0 spiro atoms. The van der Waals surface area contributed by atoms with Gasteiger partial charge in [-0.05, 0) is 18.2 Å². The van der Waals surface area contributed by atoms with Gasteiger partial charge in [-0.25, -0.2) is 14.4 Å². The highest BCUT2D eigenvalue weighted by Gasteiger charge is 2.16. The van der Waals surface area contributed by atoms with E-state index < -0.39 is 11.7 Å². The van der Waals surface area contributed by atoms with E-state index in [1.165, 1.54) is 24.4 Å². The standard InChI is InChI=1S/C14H14ClFN4O/c1-7(2)13-18-6-10(17)12(20-13)14(21)19-11-5-8(15)3-4-9(11)16/h3-7H,17H2,1-2H3,(H,19,21). The molecule has 7 heteroatoms. The van der Waals surface area contributed by atoms with Crippen LogP contribution in [0.2, 0.25) is 5.02 Å². The quantitative estimate of drug-likeness (QED) is 0.912. The van der Waals surface area contributed by atoms with Gasteiger partial charge in [0.1, 0.15) is 11.6 Å². The van der Waals surface area contributed by atoms with Gasteiger partial charge in [-0.3, -0.25) is 4.79 Å². The summed E-state index contributed by atoms with van der Waals surface area (Å²) in [6.07, 6.45) is 1.37. The van der Waals surface area contributed by atoms with Crippen LogP contribution in [0.3, 0.4) is 0 Å². The summed E-state index contributed by atoms with van der Waals surface area (Å²) in [5.41, 5.74) is 5.81. The Bertz CT molecular complexity index is 691. The molecule has 0 aliphatic heterocycles. The maximum Gasteiger partial charge on any atom is 0.276 e. The fraction of sp³-hybridized carbons (Fsp3) is 0.214. The number of nitrogens with two attached hydrogens (primary N) is 1. The summed E-state index contributed by atoms with van der Waals surface area (Å²) >= 11 is 5.78. The van der Waals surface area contributed by atoms with Crippen LogP contribution in [-0.4, -0.2) is 15.9 Å². The van der Waals surface area contributed by atoms with Crippen molar-refractivity contribution in [3.8, 4) is 0 Å². The van der Waals surface area contributed by atoms with Crippen LogP contribution in [0.15, 0.2) is 24.4 Å². The maximum atomic E-state index is 13.6. The minimum Gasteiger partial charge on any atom is -0.396 e. The van der Waals surface area contributed by atoms with Gasteiger partial charge in [0.15, 0.2) is 5.69 Å². The Morgan fingerprint density at radius 1 is 1.43 bits per heavy atom. The molecular weight excluding hydrogens is 295 g/mol. The summed E-state index contributed by atoms with van der Waals surface area (Å²) in [7, 11) is 0. The van der Waals surface area contributed by atoms with Crippen molar-refractivity contribution in [2.75, 3.05) is 11.1 Å². The van der Waals surface area contributed by atoms with E-state index in [1.54, 1.807) is 0 Å². The molecule has 0 aliphatic carbocycles. The largest absolute Gasteiger partial charge is 0.396 e. The Morgan fingerprint density at radius 3 is 2.81 bits per heavy atom. The molecule has 2 rings (SSSR count). The van der Waals surface area contributed by atoms with Gasteiger partial charge in [0.05, 0.1) is 17.6 Å². The summed E-state index contributed by atoms with van der Waals surface area (Å²) in [5.74, 6) is -0.677. The van der Waals surface area contributed by atoms with Gasteiger partial charge < -0.3 is 11.1 Å². The van der Waals surface area contributed by atoms with Crippen LogP contribution < -0.4 is 11.1 Å². The molecule has 0 saturated heterocycles. The van der Waals surface area contributed by atoms with Crippen LogP contribution in [0, 0.1) is 5.82 Å². The number of amides is 1. The SMILES string of the molecule is CC(C)c1ncc(N)c(C(=O)Nc2cc(Cl)ccc2F)n1. The number of carbonyl (C=O) groups is 1. The molecule has 0 saturated carbocycles. The Morgan fingerprint density at radius 2 is 2.14 bits per heavy atom. The van der Waals surface area contributed by atoms with Crippen LogP contribution in [0.25, 0.3) is 0 Å². The molecule has 0 unspecified atom stereocenters. The Kier molecular flexibility index (Phi) is 4.37. The number of rotatable bonds is 3. The highest BCUT2D eigenvalue weighted by molar-refractivity contribution is 6.31. The van der Waals surface area contributed by atoms with E-state index in [1.807, 2.05) is 13.8 Å². The molecular formula is C14H14ClFN4O. The highest BCUT2D eigenvalue weighted by Crippen LogP contribution is 2.21. The number of aromatic nitrogens is 2. The molecule has 1 aromatic heterocycles. The molecule has 5 nitrogen and oxygen atoms in total. The minimum absolute atomic E-state index is 0.00748. The maximum absolute atomic E-state index is 13.6. The molecule has 0 bridgehead atoms. The zero-order valence-corrected chi connectivity index (χ0v) is 12.3. The Balaban J connectivity index is 2.32. The fourth-order valence-electron chi connectivity index (χ4n) is 1.64. The third-order valence-corrected chi connectivity index (χ3v) is 2.98. The van der Waals surface area contributed by atoms with Crippen LogP contribution in [0.5, 0.6) is 0 Å². The highest BCUT2D eigenvalue weighted by atomic mass is 35.5. The van der Waals surface area contributed by atoms with Gasteiger partial charge in [0.2, 0.25) is 0 Å². The van der Waals surface area contributed by atoms with E-state index in [0.717, 1.165) is 0 Å². The molecule has 1 aromatic carbocycles. The summed E-state index contributed by atoms with van der Waals surface area (Å²) in [5, 5.41) is 2.72. The van der Waals surface area contributed by atoms with Crippen LogP contribution >= 0.6 is 11.6 Å². The number of nitrogens with zero attached hydrogens (tertiary/aromatic N) is 2.